The van der Waals surface area contributed by atoms with E-state index < -0.39 is 17.3 Å². The highest BCUT2D eigenvalue weighted by Gasteiger charge is 2.22. The van der Waals surface area contributed by atoms with Gasteiger partial charge in [0.2, 0.25) is 0 Å². The normalized spacial score (nSPS) is 10.9. The molecule has 8 nitrogen and oxygen atoms in total. The minimum absolute atomic E-state index is 0.0238. The molecule has 0 bridgehead atoms. The van der Waals surface area contributed by atoms with Crippen LogP contribution in [0.15, 0.2) is 83.8 Å². The zero-order chi connectivity index (χ0) is 26.1. The molecule has 0 saturated carbocycles. The third kappa shape index (κ3) is 4.42. The molecule has 5 aromatic rings. The number of ether oxygens (including phenoxy) is 2. The Labute approximate surface area is 211 Å². The summed E-state index contributed by atoms with van der Waals surface area (Å²) in [5.41, 5.74) is 1.47. The second-order valence-electron chi connectivity index (χ2n) is 8.33. The lowest BCUT2D eigenvalue weighted by atomic mass is 10.2. The van der Waals surface area contributed by atoms with Crippen LogP contribution in [0.4, 0.5) is 10.1 Å². The van der Waals surface area contributed by atoms with Gasteiger partial charge in [-0.05, 0) is 55.5 Å². The number of carbonyl (C=O) groups is 1. The standard InChI is InChI=1S/C28H23FN4O4/c1-17-26(28(35)33(32(17)2)19-7-5-4-6-8-19)27(34)31-18-9-12-25(22(29)15-18)37-24-13-14-30-23-11-10-20(36-3)16-21(23)24/h4-16H,1-3H3,(H,31,34). The molecule has 186 valence electrons. The van der Waals surface area contributed by atoms with E-state index in [0.29, 0.717) is 33.8 Å². The Balaban J connectivity index is 1.41. The van der Waals surface area contributed by atoms with E-state index >= 15 is 0 Å². The number of halogens is 1. The molecule has 0 unspecified atom stereocenters. The van der Waals surface area contributed by atoms with Gasteiger partial charge in [0, 0.05) is 30.4 Å². The lowest BCUT2D eigenvalue weighted by Gasteiger charge is -2.11. The first kappa shape index (κ1) is 23.8. The van der Waals surface area contributed by atoms with Crippen molar-refractivity contribution in [3.8, 4) is 22.9 Å². The van der Waals surface area contributed by atoms with E-state index in [0.717, 1.165) is 6.07 Å². The number of carbonyl (C=O) groups excluding carboxylic acids is 1. The van der Waals surface area contributed by atoms with Crippen LogP contribution in [0.5, 0.6) is 17.2 Å². The molecule has 0 radical (unpaired) electrons. The van der Waals surface area contributed by atoms with Gasteiger partial charge < -0.3 is 14.8 Å². The maximum absolute atomic E-state index is 15.0. The number of methoxy groups -OCH3 is 1. The molecule has 1 N–H and O–H groups in total. The third-order valence-electron chi connectivity index (χ3n) is 6.10. The highest BCUT2D eigenvalue weighted by Crippen LogP contribution is 2.33. The van der Waals surface area contributed by atoms with Gasteiger partial charge in [0.05, 0.1) is 24.0 Å². The van der Waals surface area contributed by atoms with Crippen molar-refractivity contribution >= 4 is 22.5 Å². The van der Waals surface area contributed by atoms with E-state index in [9.17, 15) is 14.0 Å². The Kier molecular flexibility index (Phi) is 6.19. The SMILES string of the molecule is COc1ccc2nccc(Oc3ccc(NC(=O)c4c(C)n(C)n(-c5ccccc5)c4=O)cc3F)c2c1. The van der Waals surface area contributed by atoms with Crippen molar-refractivity contribution in [3.05, 3.63) is 106 Å². The van der Waals surface area contributed by atoms with Gasteiger partial charge in [-0.2, -0.15) is 0 Å². The van der Waals surface area contributed by atoms with Gasteiger partial charge >= 0.3 is 0 Å². The van der Waals surface area contributed by atoms with Crippen LogP contribution in [0, 0.1) is 12.7 Å². The lowest BCUT2D eigenvalue weighted by Crippen LogP contribution is -2.25. The summed E-state index contributed by atoms with van der Waals surface area (Å²) in [6.07, 6.45) is 1.57. The van der Waals surface area contributed by atoms with Gasteiger partial charge in [0.25, 0.3) is 11.5 Å². The predicted octanol–water partition coefficient (Wildman–Crippen LogP) is 5.22. The number of nitrogens with one attached hydrogen (secondary N) is 1. The van der Waals surface area contributed by atoms with Gasteiger partial charge in [0.1, 0.15) is 17.1 Å². The summed E-state index contributed by atoms with van der Waals surface area (Å²) in [4.78, 5) is 30.4. The molecular weight excluding hydrogens is 475 g/mol. The summed E-state index contributed by atoms with van der Waals surface area (Å²) in [5.74, 6) is -0.326. The molecule has 2 heterocycles. The maximum Gasteiger partial charge on any atom is 0.284 e. The fourth-order valence-corrected chi connectivity index (χ4v) is 4.12. The van der Waals surface area contributed by atoms with Gasteiger partial charge in [-0.25, -0.2) is 9.07 Å². The highest BCUT2D eigenvalue weighted by molar-refractivity contribution is 6.05. The van der Waals surface area contributed by atoms with Crippen molar-refractivity contribution in [2.45, 2.75) is 6.92 Å². The summed E-state index contributed by atoms with van der Waals surface area (Å²) in [6, 6.07) is 20.0. The van der Waals surface area contributed by atoms with Crippen molar-refractivity contribution in [2.75, 3.05) is 12.4 Å². The summed E-state index contributed by atoms with van der Waals surface area (Å²) in [5, 5.41) is 3.28. The second kappa shape index (κ2) is 9.62. The summed E-state index contributed by atoms with van der Waals surface area (Å²) in [7, 11) is 3.25. The first-order valence-corrected chi connectivity index (χ1v) is 11.4. The molecule has 0 spiro atoms. The summed E-state index contributed by atoms with van der Waals surface area (Å²) in [6.45, 7) is 1.68. The predicted molar refractivity (Wildman–Crippen MR) is 138 cm³/mol. The number of para-hydroxylation sites is 1. The van der Waals surface area contributed by atoms with E-state index in [1.165, 1.54) is 16.8 Å². The smallest absolute Gasteiger partial charge is 0.284 e. The van der Waals surface area contributed by atoms with Crippen molar-refractivity contribution in [3.63, 3.8) is 0 Å². The second-order valence-corrected chi connectivity index (χ2v) is 8.33. The van der Waals surface area contributed by atoms with Crippen LogP contribution < -0.4 is 20.3 Å². The first-order chi connectivity index (χ1) is 17.9. The summed E-state index contributed by atoms with van der Waals surface area (Å²) >= 11 is 0. The molecule has 5 rings (SSSR count). The van der Waals surface area contributed by atoms with Crippen LogP contribution in [0.2, 0.25) is 0 Å². The quantitative estimate of drug-likeness (QED) is 0.347. The third-order valence-corrected chi connectivity index (χ3v) is 6.10. The molecule has 1 amide bonds. The molecule has 2 aromatic heterocycles. The van der Waals surface area contributed by atoms with Crippen LogP contribution in [-0.4, -0.2) is 27.4 Å². The van der Waals surface area contributed by atoms with E-state index in [2.05, 4.69) is 10.3 Å². The first-order valence-electron chi connectivity index (χ1n) is 11.4. The number of hydrogen-bond acceptors (Lipinski definition) is 5. The number of hydrogen-bond donors (Lipinski definition) is 1. The molecule has 9 heteroatoms. The van der Waals surface area contributed by atoms with Crippen LogP contribution in [0.1, 0.15) is 16.1 Å². The Morgan fingerprint density at radius 3 is 2.51 bits per heavy atom. The molecule has 0 fully saturated rings. The highest BCUT2D eigenvalue weighted by atomic mass is 19.1. The van der Waals surface area contributed by atoms with Gasteiger partial charge in [-0.3, -0.25) is 19.3 Å². The largest absolute Gasteiger partial charge is 0.497 e. The average molecular weight is 499 g/mol. The number of amides is 1. The number of fused-ring (bicyclic) bond motifs is 1. The van der Waals surface area contributed by atoms with Gasteiger partial charge in [-0.15, -0.1) is 0 Å². The Morgan fingerprint density at radius 2 is 1.78 bits per heavy atom. The fourth-order valence-electron chi connectivity index (χ4n) is 4.12. The van der Waals surface area contributed by atoms with Gasteiger partial charge in [0.15, 0.2) is 11.6 Å². The summed E-state index contributed by atoms with van der Waals surface area (Å²) < 4.78 is 29.1. The zero-order valence-electron chi connectivity index (χ0n) is 20.4. The molecule has 0 aliphatic rings. The Morgan fingerprint density at radius 1 is 1.00 bits per heavy atom. The molecule has 0 aliphatic carbocycles. The molecule has 0 aliphatic heterocycles. The Bertz CT molecular complexity index is 1690. The monoisotopic (exact) mass is 498 g/mol. The van der Waals surface area contributed by atoms with Crippen molar-refractivity contribution in [1.82, 2.24) is 14.3 Å². The van der Waals surface area contributed by atoms with Crippen LogP contribution in [0.3, 0.4) is 0 Å². The van der Waals surface area contributed by atoms with E-state index in [1.54, 1.807) is 68.4 Å². The molecular formula is C28H23FN4O4. The minimum Gasteiger partial charge on any atom is -0.497 e. The van der Waals surface area contributed by atoms with E-state index in [4.69, 9.17) is 9.47 Å². The zero-order valence-corrected chi connectivity index (χ0v) is 20.4. The fraction of sp³-hybridized carbons (Fsp3) is 0.107. The number of anilines is 1. The van der Waals surface area contributed by atoms with Crippen LogP contribution >= 0.6 is 0 Å². The van der Waals surface area contributed by atoms with Crippen LogP contribution in [0.25, 0.3) is 16.6 Å². The topological polar surface area (TPSA) is 87.4 Å². The number of nitrogens with zero attached hydrogens (tertiary/aromatic N) is 3. The molecule has 37 heavy (non-hydrogen) atoms. The van der Waals surface area contributed by atoms with Gasteiger partial charge in [-0.1, -0.05) is 18.2 Å². The molecule has 0 atom stereocenters. The lowest BCUT2D eigenvalue weighted by molar-refractivity contribution is 0.102. The van der Waals surface area contributed by atoms with E-state index in [-0.39, 0.29) is 17.0 Å². The number of pyridine rings is 1. The van der Waals surface area contributed by atoms with Crippen molar-refractivity contribution in [1.29, 1.82) is 0 Å². The number of aromatic nitrogens is 3. The number of benzene rings is 3. The Hall–Kier alpha value is -4.92. The van der Waals surface area contributed by atoms with Crippen LogP contribution in [-0.2, 0) is 7.05 Å². The van der Waals surface area contributed by atoms with Crippen molar-refractivity contribution in [2.24, 2.45) is 7.05 Å². The average Bonchev–Trinajstić information content (AvgIpc) is 3.13. The minimum atomic E-state index is -0.683. The van der Waals surface area contributed by atoms with E-state index in [1.807, 2.05) is 18.2 Å². The molecule has 3 aromatic carbocycles. The molecule has 0 saturated heterocycles. The maximum atomic E-state index is 15.0. The number of rotatable bonds is 6. The van der Waals surface area contributed by atoms with Crippen molar-refractivity contribution < 1.29 is 18.7 Å².